The molecule has 0 aromatic heterocycles. The van der Waals surface area contributed by atoms with Crippen LogP contribution in [0.2, 0.25) is 0 Å². The van der Waals surface area contributed by atoms with Crippen LogP contribution in [-0.2, 0) is 0 Å². The molecular weight excluding hydrogens is 140 g/mol. The molecule has 0 amide bonds. The molecule has 0 rings (SSSR count). The SMILES string of the molecule is CC#CC#CBr. The average Bonchev–Trinajstić information content (AvgIpc) is 1.61. The Kier molecular flexibility index (Phi) is 4.29. The second kappa shape index (κ2) is 4.60. The minimum atomic E-state index is 1.75. The maximum atomic E-state index is 2.89. The highest BCUT2D eigenvalue weighted by atomic mass is 79.9. The molecule has 0 bridgehead atoms. The summed E-state index contributed by atoms with van der Waals surface area (Å²) in [4.78, 5) is 2.46. The summed E-state index contributed by atoms with van der Waals surface area (Å²) in [5.41, 5.74) is 0. The van der Waals surface area contributed by atoms with Gasteiger partial charge in [-0.15, -0.1) is 0 Å². The molecule has 6 heavy (non-hydrogen) atoms. The van der Waals surface area contributed by atoms with Crippen molar-refractivity contribution >= 4 is 15.9 Å². The van der Waals surface area contributed by atoms with E-state index < -0.39 is 0 Å². The van der Waals surface area contributed by atoms with E-state index >= 15 is 0 Å². The van der Waals surface area contributed by atoms with E-state index in [-0.39, 0.29) is 0 Å². The van der Waals surface area contributed by atoms with E-state index in [4.69, 9.17) is 0 Å². The highest BCUT2D eigenvalue weighted by Gasteiger charge is 1.43. The fourth-order valence-electron chi connectivity index (χ4n) is 0.0861. The van der Waals surface area contributed by atoms with Gasteiger partial charge in [-0.2, -0.15) is 0 Å². The lowest BCUT2D eigenvalue weighted by atomic mass is 10.6. The lowest BCUT2D eigenvalue weighted by Gasteiger charge is -1.46. The highest BCUT2D eigenvalue weighted by molar-refractivity contribution is 9.12. The van der Waals surface area contributed by atoms with Crippen LogP contribution in [0.25, 0.3) is 0 Å². The lowest BCUT2D eigenvalue weighted by Crippen LogP contribution is -1.40. The fraction of sp³-hybridized carbons (Fsp3) is 0.200. The van der Waals surface area contributed by atoms with Crippen molar-refractivity contribution in [1.29, 1.82) is 0 Å². The molecule has 0 N–H and O–H groups in total. The zero-order valence-electron chi connectivity index (χ0n) is 3.38. The molecule has 0 atom stereocenters. The number of rotatable bonds is 0. The van der Waals surface area contributed by atoms with Crippen molar-refractivity contribution in [2.75, 3.05) is 0 Å². The van der Waals surface area contributed by atoms with Crippen LogP contribution in [0.1, 0.15) is 6.92 Å². The largest absolute Gasteiger partial charge is 0.0925 e. The van der Waals surface area contributed by atoms with Crippen molar-refractivity contribution in [3.05, 3.63) is 0 Å². The fourth-order valence-corrected chi connectivity index (χ4v) is 0.185. The number of hydrogen-bond acceptors (Lipinski definition) is 0. The van der Waals surface area contributed by atoms with Gasteiger partial charge in [-0.1, -0.05) is 5.92 Å². The molecule has 0 heterocycles. The molecule has 0 aromatic rings. The quantitative estimate of drug-likeness (QED) is 0.449. The van der Waals surface area contributed by atoms with Gasteiger partial charge in [-0.05, 0) is 23.6 Å². The van der Waals surface area contributed by atoms with Crippen molar-refractivity contribution in [3.63, 3.8) is 0 Å². The summed E-state index contributed by atoms with van der Waals surface area (Å²) >= 11 is 2.89. The van der Waals surface area contributed by atoms with E-state index in [0.717, 1.165) is 0 Å². The van der Waals surface area contributed by atoms with E-state index in [1.54, 1.807) is 6.92 Å². The maximum absolute atomic E-state index is 2.89. The number of hydrogen-bond donors (Lipinski definition) is 0. The lowest BCUT2D eigenvalue weighted by molar-refractivity contribution is 1.92. The molecule has 0 spiro atoms. The Bertz CT molecular complexity index is 107. The summed E-state index contributed by atoms with van der Waals surface area (Å²) in [6.07, 6.45) is 0. The zero-order chi connectivity index (χ0) is 4.83. The third-order valence-corrected chi connectivity index (χ3v) is 0.433. The molecule has 0 aliphatic heterocycles. The monoisotopic (exact) mass is 142 g/mol. The summed E-state index contributed by atoms with van der Waals surface area (Å²) < 4.78 is 0. The predicted molar refractivity (Wildman–Crippen MR) is 30.2 cm³/mol. The summed E-state index contributed by atoms with van der Waals surface area (Å²) in [5, 5.41) is 0. The van der Waals surface area contributed by atoms with E-state index in [0.29, 0.717) is 0 Å². The molecule has 0 fully saturated rings. The Morgan fingerprint density at radius 1 is 1.33 bits per heavy atom. The summed E-state index contributed by atoms with van der Waals surface area (Å²) in [6, 6.07) is 0. The van der Waals surface area contributed by atoms with Gasteiger partial charge in [0.05, 0.1) is 0 Å². The van der Waals surface area contributed by atoms with Crippen molar-refractivity contribution in [3.8, 4) is 22.6 Å². The van der Waals surface area contributed by atoms with Crippen molar-refractivity contribution in [2.45, 2.75) is 6.92 Å². The average molecular weight is 143 g/mol. The van der Waals surface area contributed by atoms with Crippen LogP contribution in [0.15, 0.2) is 0 Å². The smallest absolute Gasteiger partial charge is 0.0117 e. The summed E-state index contributed by atoms with van der Waals surface area (Å²) in [6.45, 7) is 1.75. The molecule has 0 saturated carbocycles. The van der Waals surface area contributed by atoms with Crippen LogP contribution >= 0.6 is 15.9 Å². The Morgan fingerprint density at radius 3 is 2.17 bits per heavy atom. The van der Waals surface area contributed by atoms with Gasteiger partial charge in [0.25, 0.3) is 0 Å². The predicted octanol–water partition coefficient (Wildman–Crippen LogP) is 1.37. The highest BCUT2D eigenvalue weighted by Crippen LogP contribution is 1.64. The van der Waals surface area contributed by atoms with E-state index in [1.165, 1.54) is 0 Å². The minimum absolute atomic E-state index is 1.75. The zero-order valence-corrected chi connectivity index (χ0v) is 4.96. The van der Waals surface area contributed by atoms with Gasteiger partial charge in [0.15, 0.2) is 0 Å². The first-order valence-corrected chi connectivity index (χ1v) is 2.23. The Morgan fingerprint density at radius 2 is 2.00 bits per heavy atom. The Balaban J connectivity index is 3.43. The molecule has 0 aliphatic rings. The second-order valence-electron chi connectivity index (χ2n) is 0.594. The molecule has 0 saturated heterocycles. The molecule has 0 nitrogen and oxygen atoms in total. The van der Waals surface area contributed by atoms with Gasteiger partial charge in [0.2, 0.25) is 0 Å². The van der Waals surface area contributed by atoms with Crippen LogP contribution in [0.3, 0.4) is 0 Å². The third kappa shape index (κ3) is 3.60. The first kappa shape index (κ1) is 5.60. The summed E-state index contributed by atoms with van der Waals surface area (Å²) in [7, 11) is 0. The second-order valence-corrected chi connectivity index (χ2v) is 0.991. The molecule has 1 heteroatoms. The van der Waals surface area contributed by atoms with Crippen LogP contribution in [-0.4, -0.2) is 0 Å². The Hall–Kier alpha value is -0.400. The van der Waals surface area contributed by atoms with Gasteiger partial charge < -0.3 is 0 Å². The van der Waals surface area contributed by atoms with Gasteiger partial charge in [0.1, 0.15) is 0 Å². The standard InChI is InChI=1S/C5H3Br/c1-2-3-4-5-6/h1H3. The molecular formula is C5H3Br. The molecule has 30 valence electrons. The van der Waals surface area contributed by atoms with Crippen molar-refractivity contribution < 1.29 is 0 Å². The third-order valence-electron chi connectivity index (χ3n) is 0.235. The van der Waals surface area contributed by atoms with Crippen LogP contribution in [0.5, 0.6) is 0 Å². The van der Waals surface area contributed by atoms with Crippen LogP contribution < -0.4 is 0 Å². The van der Waals surface area contributed by atoms with E-state index in [2.05, 4.69) is 38.5 Å². The van der Waals surface area contributed by atoms with Crippen LogP contribution in [0.4, 0.5) is 0 Å². The van der Waals surface area contributed by atoms with Gasteiger partial charge >= 0.3 is 0 Å². The van der Waals surface area contributed by atoms with Crippen molar-refractivity contribution in [2.24, 2.45) is 0 Å². The minimum Gasteiger partial charge on any atom is -0.0925 e. The van der Waals surface area contributed by atoms with Crippen LogP contribution in [0, 0.1) is 22.6 Å². The van der Waals surface area contributed by atoms with E-state index in [1.807, 2.05) is 0 Å². The first-order valence-electron chi connectivity index (χ1n) is 1.44. The molecule has 0 aliphatic carbocycles. The van der Waals surface area contributed by atoms with E-state index in [9.17, 15) is 0 Å². The van der Waals surface area contributed by atoms with Crippen molar-refractivity contribution in [1.82, 2.24) is 0 Å². The maximum Gasteiger partial charge on any atom is 0.0117 e. The normalized spacial score (nSPS) is 3.67. The van der Waals surface area contributed by atoms with Gasteiger partial charge in [-0.25, -0.2) is 0 Å². The van der Waals surface area contributed by atoms with Gasteiger partial charge in [0, 0.05) is 15.9 Å². The first-order chi connectivity index (χ1) is 2.91. The number of halogens is 1. The summed E-state index contributed by atoms with van der Waals surface area (Å²) in [5.74, 6) is 7.66. The molecule has 0 aromatic carbocycles. The topological polar surface area (TPSA) is 0 Å². The molecule has 0 unspecified atom stereocenters. The van der Waals surface area contributed by atoms with Gasteiger partial charge in [-0.3, -0.25) is 0 Å². The molecule has 0 radical (unpaired) electrons. The Labute approximate surface area is 46.1 Å².